The number of hydrogen-bond acceptors (Lipinski definition) is 4. The van der Waals surface area contributed by atoms with Crippen LogP contribution in [0.25, 0.3) is 0 Å². The van der Waals surface area contributed by atoms with Gasteiger partial charge in [0.2, 0.25) is 0 Å². The van der Waals surface area contributed by atoms with Gasteiger partial charge in [0.1, 0.15) is 0 Å². The zero-order valence-electron chi connectivity index (χ0n) is 19.8. The minimum Gasteiger partial charge on any atom is -0.478 e. The number of carboxylic acid groups (broad SMARTS) is 2. The number of carboxylic acids is 1. The molecule has 3 rings (SSSR count). The number of halogens is 2. The van der Waals surface area contributed by atoms with Crippen LogP contribution in [0.3, 0.4) is 0 Å². The first-order valence-electron chi connectivity index (χ1n) is 11.9. The van der Waals surface area contributed by atoms with E-state index in [0.29, 0.717) is 43.7 Å². The van der Waals surface area contributed by atoms with Gasteiger partial charge in [0.25, 0.3) is 11.6 Å². The lowest BCUT2D eigenvalue weighted by atomic mass is 9.72. The summed E-state index contributed by atoms with van der Waals surface area (Å²) in [7, 11) is 0. The third kappa shape index (κ3) is 6.33. The van der Waals surface area contributed by atoms with Crippen molar-refractivity contribution in [2.75, 3.05) is 26.2 Å². The normalized spacial score (nSPS) is 35.1. The zero-order valence-corrected chi connectivity index (χ0v) is 19.8. The van der Waals surface area contributed by atoms with Crippen molar-refractivity contribution in [1.82, 2.24) is 9.80 Å². The molecule has 0 bridgehead atoms. The number of likely N-dealkylation sites (tertiary alicyclic amines) is 2. The fourth-order valence-electron chi connectivity index (χ4n) is 5.33. The molecular weight excluding hydrogens is 438 g/mol. The number of aliphatic hydroxyl groups excluding tert-OH is 1. The number of piperidine rings is 2. The summed E-state index contributed by atoms with van der Waals surface area (Å²) in [5.74, 6) is -1.22. The number of hydrogen-bond donors (Lipinski definition) is 3. The van der Waals surface area contributed by atoms with Crippen LogP contribution in [0.15, 0.2) is 0 Å². The minimum absolute atomic E-state index is 0.0176. The number of carbonyl (C=O) groups excluding carboxylic acids is 1. The Bertz CT molecular complexity index is 723. The molecule has 2 heterocycles. The van der Waals surface area contributed by atoms with Crippen molar-refractivity contribution in [3.63, 3.8) is 0 Å². The average Bonchev–Trinajstić information content (AvgIpc) is 2.75. The average molecular weight is 477 g/mol. The largest absolute Gasteiger partial charge is 0.478 e. The number of alkyl halides is 2. The zero-order chi connectivity index (χ0) is 25.0. The standard InChI is InChI=1S/C16H26FNO3.C7H12FNO3/c1-10(2)12-6-5-11(3)9-13(12)18-8-4-7-16(17,14(18)19)15(20)21;8-7(5-10)2-1-3-9(4-7)6(11)12/h10-13H,4-9H2,1-3H3,(H,20,21);10H,1-5H2,(H,11,12)/t11-,12+,13-,16-;7-/m00/s1. The molecule has 0 radical (unpaired) electrons. The van der Waals surface area contributed by atoms with E-state index in [1.807, 2.05) is 0 Å². The molecule has 0 aromatic rings. The van der Waals surface area contributed by atoms with Crippen LogP contribution in [0.5, 0.6) is 0 Å². The molecule has 1 aliphatic carbocycles. The lowest BCUT2D eigenvalue weighted by molar-refractivity contribution is -0.170. The van der Waals surface area contributed by atoms with Crippen molar-refractivity contribution >= 4 is 18.0 Å². The van der Waals surface area contributed by atoms with Crippen LogP contribution in [0.2, 0.25) is 0 Å². The summed E-state index contributed by atoms with van der Waals surface area (Å²) in [4.78, 5) is 36.6. The molecule has 0 aromatic heterocycles. The Morgan fingerprint density at radius 3 is 2.30 bits per heavy atom. The number of nitrogens with zero attached hydrogens (tertiary/aromatic N) is 2. The maximum Gasteiger partial charge on any atom is 0.407 e. The summed E-state index contributed by atoms with van der Waals surface area (Å²) < 4.78 is 27.9. The van der Waals surface area contributed by atoms with Crippen molar-refractivity contribution in [2.24, 2.45) is 17.8 Å². The summed E-state index contributed by atoms with van der Waals surface area (Å²) in [5.41, 5.74) is -4.45. The van der Waals surface area contributed by atoms with Crippen LogP contribution in [0.4, 0.5) is 13.6 Å². The molecule has 0 spiro atoms. The third-order valence-corrected chi connectivity index (χ3v) is 7.33. The van der Waals surface area contributed by atoms with E-state index in [1.165, 1.54) is 4.90 Å². The first-order chi connectivity index (χ1) is 15.3. The topological polar surface area (TPSA) is 118 Å². The Kier molecular flexibility index (Phi) is 9.07. The molecule has 3 fully saturated rings. The minimum atomic E-state index is -2.72. The summed E-state index contributed by atoms with van der Waals surface area (Å²) in [6.07, 6.45) is 2.82. The van der Waals surface area contributed by atoms with Crippen molar-refractivity contribution < 1.29 is 38.5 Å². The summed E-state index contributed by atoms with van der Waals surface area (Å²) in [5, 5.41) is 26.3. The highest BCUT2D eigenvalue weighted by atomic mass is 19.1. The molecule has 2 aliphatic heterocycles. The maximum absolute atomic E-state index is 14.5. The smallest absolute Gasteiger partial charge is 0.407 e. The van der Waals surface area contributed by atoms with Crippen LogP contribution in [0, 0.1) is 17.8 Å². The summed E-state index contributed by atoms with van der Waals surface area (Å²) in [6, 6.07) is -0.0176. The Hall–Kier alpha value is -1.97. The van der Waals surface area contributed by atoms with Gasteiger partial charge >= 0.3 is 12.1 Å². The number of amides is 2. The van der Waals surface area contributed by atoms with E-state index >= 15 is 0 Å². The Morgan fingerprint density at radius 1 is 1.12 bits per heavy atom. The first-order valence-corrected chi connectivity index (χ1v) is 11.9. The van der Waals surface area contributed by atoms with Gasteiger partial charge < -0.3 is 25.1 Å². The first kappa shape index (κ1) is 27.3. The number of carbonyl (C=O) groups is 3. The van der Waals surface area contributed by atoms with Gasteiger partial charge in [0.05, 0.1) is 13.2 Å². The highest BCUT2D eigenvalue weighted by molar-refractivity contribution is 6.05. The molecule has 8 nitrogen and oxygen atoms in total. The van der Waals surface area contributed by atoms with E-state index < -0.39 is 35.9 Å². The van der Waals surface area contributed by atoms with E-state index in [4.69, 9.17) is 15.3 Å². The lowest BCUT2D eigenvalue weighted by Gasteiger charge is -2.47. The van der Waals surface area contributed by atoms with Crippen LogP contribution >= 0.6 is 0 Å². The SMILES string of the molecule is CC(C)[C@H]1CC[C@H](C)C[C@@H]1N1CCC[C@@](F)(C(=O)O)C1=O.O=C(O)N1CCC[C@@](F)(CO)C1. The fourth-order valence-corrected chi connectivity index (χ4v) is 5.33. The van der Waals surface area contributed by atoms with Gasteiger partial charge in [-0.2, -0.15) is 0 Å². The molecule has 33 heavy (non-hydrogen) atoms. The van der Waals surface area contributed by atoms with Crippen LogP contribution in [0.1, 0.15) is 65.7 Å². The van der Waals surface area contributed by atoms with Gasteiger partial charge in [-0.05, 0) is 49.9 Å². The predicted octanol–water partition coefficient (Wildman–Crippen LogP) is 3.32. The predicted molar refractivity (Wildman–Crippen MR) is 117 cm³/mol. The van der Waals surface area contributed by atoms with Gasteiger partial charge in [-0.25, -0.2) is 18.4 Å². The molecule has 2 saturated heterocycles. The van der Waals surface area contributed by atoms with Gasteiger partial charge in [-0.3, -0.25) is 4.79 Å². The molecule has 3 aliphatic rings. The molecule has 0 aromatic carbocycles. The van der Waals surface area contributed by atoms with Crippen molar-refractivity contribution in [1.29, 1.82) is 0 Å². The quantitative estimate of drug-likeness (QED) is 0.536. The molecule has 2 amide bonds. The van der Waals surface area contributed by atoms with Crippen molar-refractivity contribution in [3.8, 4) is 0 Å². The van der Waals surface area contributed by atoms with E-state index in [1.54, 1.807) is 0 Å². The second-order valence-electron chi connectivity index (χ2n) is 10.2. The van der Waals surface area contributed by atoms with E-state index in [2.05, 4.69) is 20.8 Å². The van der Waals surface area contributed by atoms with Crippen molar-refractivity contribution in [3.05, 3.63) is 0 Å². The summed E-state index contributed by atoms with van der Waals surface area (Å²) in [6.45, 7) is 6.44. The summed E-state index contributed by atoms with van der Waals surface area (Å²) >= 11 is 0. The second kappa shape index (κ2) is 11.0. The van der Waals surface area contributed by atoms with E-state index in [0.717, 1.165) is 24.2 Å². The Morgan fingerprint density at radius 2 is 1.76 bits per heavy atom. The van der Waals surface area contributed by atoms with Crippen LogP contribution < -0.4 is 0 Å². The van der Waals surface area contributed by atoms with Gasteiger partial charge in [-0.1, -0.05) is 27.2 Å². The second-order valence-corrected chi connectivity index (χ2v) is 10.2. The monoisotopic (exact) mass is 476 g/mol. The maximum atomic E-state index is 14.5. The number of rotatable bonds is 4. The van der Waals surface area contributed by atoms with Gasteiger partial charge in [0.15, 0.2) is 5.67 Å². The Labute approximate surface area is 193 Å². The Balaban J connectivity index is 0.000000273. The fraction of sp³-hybridized carbons (Fsp3) is 0.870. The highest BCUT2D eigenvalue weighted by Crippen LogP contribution is 2.39. The number of aliphatic carboxylic acids is 1. The van der Waals surface area contributed by atoms with Crippen molar-refractivity contribution in [2.45, 2.75) is 83.1 Å². The molecular formula is C23H38F2N2O6. The van der Waals surface area contributed by atoms with E-state index in [-0.39, 0.29) is 25.4 Å². The molecule has 0 unspecified atom stereocenters. The van der Waals surface area contributed by atoms with E-state index in [9.17, 15) is 23.2 Å². The molecule has 1 saturated carbocycles. The number of aliphatic hydroxyl groups is 1. The van der Waals surface area contributed by atoms with Gasteiger partial charge in [-0.15, -0.1) is 0 Å². The molecule has 190 valence electrons. The highest BCUT2D eigenvalue weighted by Gasteiger charge is 2.53. The third-order valence-electron chi connectivity index (χ3n) is 7.33. The molecule has 10 heteroatoms. The van der Waals surface area contributed by atoms with Crippen LogP contribution in [-0.4, -0.2) is 86.7 Å². The molecule has 5 atom stereocenters. The van der Waals surface area contributed by atoms with Crippen LogP contribution in [-0.2, 0) is 9.59 Å². The lowest BCUT2D eigenvalue weighted by Crippen LogP contribution is -2.60. The van der Waals surface area contributed by atoms with Gasteiger partial charge in [0, 0.05) is 25.6 Å². The molecule has 3 N–H and O–H groups in total.